The summed E-state index contributed by atoms with van der Waals surface area (Å²) in [5.74, 6) is 2.51. The van der Waals surface area contributed by atoms with Crippen LogP contribution in [0.4, 0.5) is 0 Å². The van der Waals surface area contributed by atoms with Gasteiger partial charge in [-0.05, 0) is 74.4 Å². The number of piperidine rings is 1. The number of hydrogen-bond acceptors (Lipinski definition) is 3. The normalized spacial score (nSPS) is 15.2. The maximum atomic E-state index is 5.41. The summed E-state index contributed by atoms with van der Waals surface area (Å²) in [4.78, 5) is 2.61. The summed E-state index contributed by atoms with van der Waals surface area (Å²) in [5.41, 5.74) is 2.79. The van der Waals surface area contributed by atoms with E-state index in [0.717, 1.165) is 30.4 Å². The summed E-state index contributed by atoms with van der Waals surface area (Å²) in [7, 11) is 3.38. The molecule has 1 saturated heterocycles. The smallest absolute Gasteiger partial charge is 0.160 e. The van der Waals surface area contributed by atoms with Crippen LogP contribution in [0.5, 0.6) is 11.5 Å². The van der Waals surface area contributed by atoms with E-state index in [9.17, 15) is 0 Å². The largest absolute Gasteiger partial charge is 0.493 e. The maximum absolute atomic E-state index is 5.41. The van der Waals surface area contributed by atoms with Gasteiger partial charge >= 0.3 is 0 Å². The summed E-state index contributed by atoms with van der Waals surface area (Å²) in [5, 5.41) is 0. The molecule has 0 radical (unpaired) electrons. The molecule has 4 heteroatoms. The first kappa shape index (κ1) is 21.6. The van der Waals surface area contributed by atoms with Gasteiger partial charge in [0.2, 0.25) is 0 Å². The Hall–Kier alpha value is -1.71. The van der Waals surface area contributed by atoms with Crippen LogP contribution in [-0.4, -0.2) is 38.8 Å². The molecule has 0 saturated carbocycles. The SMILES string of the molecule is COc1ccc(CCN2CCC(CCc3ccccc3)CC2)cc1OC.Cl. The Kier molecular flexibility index (Phi) is 8.96. The fraction of sp³-hybridized carbons (Fsp3) is 0.478. The topological polar surface area (TPSA) is 21.7 Å². The van der Waals surface area contributed by atoms with Crippen molar-refractivity contribution in [3.8, 4) is 11.5 Å². The van der Waals surface area contributed by atoms with Crippen molar-refractivity contribution < 1.29 is 9.47 Å². The van der Waals surface area contributed by atoms with E-state index in [2.05, 4.69) is 47.4 Å². The number of aryl methyl sites for hydroxylation is 1. The van der Waals surface area contributed by atoms with E-state index in [1.807, 2.05) is 6.07 Å². The summed E-state index contributed by atoms with van der Waals surface area (Å²) in [6.07, 6.45) is 6.28. The van der Waals surface area contributed by atoms with Crippen molar-refractivity contribution in [2.45, 2.75) is 32.1 Å². The van der Waals surface area contributed by atoms with Crippen LogP contribution in [0, 0.1) is 5.92 Å². The molecule has 0 N–H and O–H groups in total. The monoisotopic (exact) mass is 389 g/mol. The van der Waals surface area contributed by atoms with Crippen molar-refractivity contribution in [2.75, 3.05) is 33.9 Å². The minimum absolute atomic E-state index is 0. The first-order chi connectivity index (χ1) is 12.8. The zero-order chi connectivity index (χ0) is 18.2. The Morgan fingerprint density at radius 1 is 0.852 bits per heavy atom. The average Bonchev–Trinajstić information content (AvgIpc) is 2.72. The lowest BCUT2D eigenvalue weighted by Crippen LogP contribution is -2.35. The summed E-state index contributed by atoms with van der Waals surface area (Å²) in [6, 6.07) is 17.1. The quantitative estimate of drug-likeness (QED) is 0.633. The van der Waals surface area contributed by atoms with Crippen molar-refractivity contribution >= 4 is 12.4 Å². The lowest BCUT2D eigenvalue weighted by Gasteiger charge is -2.32. The maximum Gasteiger partial charge on any atom is 0.160 e. The van der Waals surface area contributed by atoms with Crippen molar-refractivity contribution in [3.05, 3.63) is 59.7 Å². The third-order valence-electron chi connectivity index (χ3n) is 5.56. The molecule has 3 rings (SSSR count). The molecule has 1 aliphatic heterocycles. The van der Waals surface area contributed by atoms with Crippen LogP contribution in [0.3, 0.4) is 0 Å². The summed E-state index contributed by atoms with van der Waals surface area (Å²) in [6.45, 7) is 3.58. The van der Waals surface area contributed by atoms with Crippen LogP contribution >= 0.6 is 12.4 Å². The number of rotatable bonds is 8. The third-order valence-corrected chi connectivity index (χ3v) is 5.56. The molecule has 0 aliphatic carbocycles. The average molecular weight is 390 g/mol. The zero-order valence-corrected chi connectivity index (χ0v) is 17.3. The Morgan fingerprint density at radius 3 is 2.22 bits per heavy atom. The second-order valence-electron chi connectivity index (χ2n) is 7.25. The minimum Gasteiger partial charge on any atom is -0.493 e. The van der Waals surface area contributed by atoms with Gasteiger partial charge in [-0.3, -0.25) is 0 Å². The fourth-order valence-corrected chi connectivity index (χ4v) is 3.84. The van der Waals surface area contributed by atoms with E-state index in [1.165, 1.54) is 49.9 Å². The number of nitrogens with zero attached hydrogens (tertiary/aromatic N) is 1. The van der Waals surface area contributed by atoms with Gasteiger partial charge in [0.15, 0.2) is 11.5 Å². The predicted octanol–water partition coefficient (Wildman–Crippen LogP) is 5.01. The van der Waals surface area contributed by atoms with Gasteiger partial charge in [0.1, 0.15) is 0 Å². The summed E-state index contributed by atoms with van der Waals surface area (Å²) < 4.78 is 10.7. The molecule has 1 fully saturated rings. The van der Waals surface area contributed by atoms with Crippen LogP contribution in [0.2, 0.25) is 0 Å². The van der Waals surface area contributed by atoms with Gasteiger partial charge in [0.25, 0.3) is 0 Å². The zero-order valence-electron chi connectivity index (χ0n) is 16.5. The van der Waals surface area contributed by atoms with Crippen molar-refractivity contribution in [1.29, 1.82) is 0 Å². The first-order valence-electron chi connectivity index (χ1n) is 9.75. The van der Waals surface area contributed by atoms with Gasteiger partial charge < -0.3 is 14.4 Å². The highest BCUT2D eigenvalue weighted by Gasteiger charge is 2.19. The van der Waals surface area contributed by atoms with E-state index in [-0.39, 0.29) is 12.4 Å². The van der Waals surface area contributed by atoms with Gasteiger partial charge in [-0.1, -0.05) is 36.4 Å². The Morgan fingerprint density at radius 2 is 1.56 bits per heavy atom. The standard InChI is InChI=1S/C23H31NO2.ClH/c1-25-22-11-10-21(18-23(22)26-2)14-17-24-15-12-20(13-16-24)9-8-19-6-4-3-5-7-19;/h3-7,10-11,18,20H,8-9,12-17H2,1-2H3;1H. The number of methoxy groups -OCH3 is 2. The number of ether oxygens (including phenoxy) is 2. The van der Waals surface area contributed by atoms with Crippen molar-refractivity contribution in [3.63, 3.8) is 0 Å². The lowest BCUT2D eigenvalue weighted by atomic mass is 9.90. The number of hydrogen-bond donors (Lipinski definition) is 0. The molecule has 1 heterocycles. The van der Waals surface area contributed by atoms with E-state index >= 15 is 0 Å². The van der Waals surface area contributed by atoms with E-state index in [1.54, 1.807) is 14.2 Å². The third kappa shape index (κ3) is 6.44. The van der Waals surface area contributed by atoms with Crippen molar-refractivity contribution in [2.24, 2.45) is 5.92 Å². The van der Waals surface area contributed by atoms with Gasteiger partial charge in [-0.2, -0.15) is 0 Å². The van der Waals surface area contributed by atoms with Crippen molar-refractivity contribution in [1.82, 2.24) is 4.90 Å². The predicted molar refractivity (Wildman–Crippen MR) is 114 cm³/mol. The van der Waals surface area contributed by atoms with Gasteiger partial charge in [-0.25, -0.2) is 0 Å². The van der Waals surface area contributed by atoms with E-state index in [0.29, 0.717) is 0 Å². The Labute approximate surface area is 170 Å². The van der Waals surface area contributed by atoms with Gasteiger partial charge in [0.05, 0.1) is 14.2 Å². The van der Waals surface area contributed by atoms with Crippen LogP contribution in [0.25, 0.3) is 0 Å². The molecule has 1 aliphatic rings. The fourth-order valence-electron chi connectivity index (χ4n) is 3.84. The molecule has 148 valence electrons. The molecule has 0 amide bonds. The molecule has 27 heavy (non-hydrogen) atoms. The first-order valence-corrected chi connectivity index (χ1v) is 9.75. The molecule has 0 unspecified atom stereocenters. The van der Waals surface area contributed by atoms with Crippen LogP contribution < -0.4 is 9.47 Å². The van der Waals surface area contributed by atoms with Crippen LogP contribution in [-0.2, 0) is 12.8 Å². The Bertz CT molecular complexity index is 669. The van der Waals surface area contributed by atoms with Crippen LogP contribution in [0.15, 0.2) is 48.5 Å². The highest BCUT2D eigenvalue weighted by Crippen LogP contribution is 2.28. The minimum atomic E-state index is 0. The van der Waals surface area contributed by atoms with Gasteiger partial charge in [-0.15, -0.1) is 12.4 Å². The van der Waals surface area contributed by atoms with Crippen LogP contribution in [0.1, 0.15) is 30.4 Å². The highest BCUT2D eigenvalue weighted by atomic mass is 35.5. The highest BCUT2D eigenvalue weighted by molar-refractivity contribution is 5.85. The molecular weight excluding hydrogens is 358 g/mol. The number of halogens is 1. The molecule has 3 nitrogen and oxygen atoms in total. The molecule has 0 aromatic heterocycles. The summed E-state index contributed by atoms with van der Waals surface area (Å²) >= 11 is 0. The molecular formula is C23H32ClNO2. The van der Waals surface area contributed by atoms with E-state index < -0.39 is 0 Å². The van der Waals surface area contributed by atoms with Gasteiger partial charge in [0, 0.05) is 6.54 Å². The molecule has 0 atom stereocenters. The second-order valence-corrected chi connectivity index (χ2v) is 7.25. The Balaban J connectivity index is 0.00000261. The molecule has 0 spiro atoms. The molecule has 2 aromatic carbocycles. The number of likely N-dealkylation sites (tertiary alicyclic amines) is 1. The second kappa shape index (κ2) is 11.2. The molecule has 2 aromatic rings. The molecule has 0 bridgehead atoms. The number of benzene rings is 2. The van der Waals surface area contributed by atoms with E-state index in [4.69, 9.17) is 9.47 Å². The lowest BCUT2D eigenvalue weighted by molar-refractivity contribution is 0.181.